The third kappa shape index (κ3) is 4.82. The van der Waals surface area contributed by atoms with Gasteiger partial charge in [-0.15, -0.1) is 0 Å². The first-order chi connectivity index (χ1) is 13.5. The van der Waals surface area contributed by atoms with Crippen LogP contribution in [0.15, 0.2) is 79.1 Å². The van der Waals surface area contributed by atoms with Crippen molar-refractivity contribution >= 4 is 17.5 Å². The van der Waals surface area contributed by atoms with Crippen LogP contribution in [-0.2, 0) is 6.54 Å². The Bertz CT molecular complexity index is 940. The predicted molar refractivity (Wildman–Crippen MR) is 110 cm³/mol. The summed E-state index contributed by atoms with van der Waals surface area (Å²) in [5, 5.41) is 2.81. The Morgan fingerprint density at radius 1 is 0.929 bits per heavy atom. The van der Waals surface area contributed by atoms with E-state index in [0.717, 1.165) is 5.56 Å². The second-order valence-electron chi connectivity index (χ2n) is 6.79. The summed E-state index contributed by atoms with van der Waals surface area (Å²) in [4.78, 5) is 31.5. The minimum atomic E-state index is -0.299. The lowest BCUT2D eigenvalue weighted by atomic mass is 10.1. The molecule has 0 aliphatic carbocycles. The molecule has 2 aromatic carbocycles. The molecule has 0 aliphatic heterocycles. The SMILES string of the molecule is CC(C)N(Cc1ccccc1)C(=O)c1cncc(C(=O)Nc2ccccc2)c1. The number of aromatic nitrogens is 1. The summed E-state index contributed by atoms with van der Waals surface area (Å²) in [6, 6.07) is 20.6. The molecule has 0 unspecified atom stereocenters. The number of pyridine rings is 1. The highest BCUT2D eigenvalue weighted by Crippen LogP contribution is 2.15. The van der Waals surface area contributed by atoms with Gasteiger partial charge in [-0.25, -0.2) is 0 Å². The van der Waals surface area contributed by atoms with Crippen LogP contribution >= 0.6 is 0 Å². The Morgan fingerprint density at radius 2 is 1.54 bits per heavy atom. The maximum atomic E-state index is 13.1. The molecular weight excluding hydrogens is 350 g/mol. The van der Waals surface area contributed by atoms with E-state index in [4.69, 9.17) is 0 Å². The number of amides is 2. The van der Waals surface area contributed by atoms with E-state index >= 15 is 0 Å². The summed E-state index contributed by atoms with van der Waals surface area (Å²) < 4.78 is 0. The van der Waals surface area contributed by atoms with Gasteiger partial charge in [0.2, 0.25) is 0 Å². The topological polar surface area (TPSA) is 62.3 Å². The highest BCUT2D eigenvalue weighted by atomic mass is 16.2. The molecule has 142 valence electrons. The fourth-order valence-corrected chi connectivity index (χ4v) is 2.84. The van der Waals surface area contributed by atoms with Gasteiger partial charge in [0.25, 0.3) is 11.8 Å². The zero-order valence-electron chi connectivity index (χ0n) is 16.0. The number of benzene rings is 2. The quantitative estimate of drug-likeness (QED) is 0.697. The molecule has 28 heavy (non-hydrogen) atoms. The lowest BCUT2D eigenvalue weighted by Crippen LogP contribution is -2.36. The van der Waals surface area contributed by atoms with Gasteiger partial charge in [-0.05, 0) is 37.6 Å². The molecule has 0 saturated carbocycles. The van der Waals surface area contributed by atoms with Crippen molar-refractivity contribution in [3.63, 3.8) is 0 Å². The number of nitrogens with one attached hydrogen (secondary N) is 1. The van der Waals surface area contributed by atoms with E-state index in [1.165, 1.54) is 12.4 Å². The smallest absolute Gasteiger partial charge is 0.257 e. The van der Waals surface area contributed by atoms with E-state index in [1.807, 2.05) is 62.4 Å². The van der Waals surface area contributed by atoms with E-state index in [0.29, 0.717) is 23.4 Å². The van der Waals surface area contributed by atoms with Crippen molar-refractivity contribution in [1.82, 2.24) is 9.88 Å². The monoisotopic (exact) mass is 373 g/mol. The van der Waals surface area contributed by atoms with E-state index in [2.05, 4.69) is 10.3 Å². The Morgan fingerprint density at radius 3 is 2.18 bits per heavy atom. The highest BCUT2D eigenvalue weighted by molar-refractivity contribution is 6.05. The summed E-state index contributed by atoms with van der Waals surface area (Å²) in [7, 11) is 0. The van der Waals surface area contributed by atoms with Gasteiger partial charge in [0.05, 0.1) is 11.1 Å². The van der Waals surface area contributed by atoms with E-state index < -0.39 is 0 Å². The van der Waals surface area contributed by atoms with Crippen molar-refractivity contribution in [3.05, 3.63) is 95.8 Å². The van der Waals surface area contributed by atoms with Gasteiger partial charge in [0.1, 0.15) is 0 Å². The molecule has 1 heterocycles. The molecule has 0 spiro atoms. The third-order valence-corrected chi connectivity index (χ3v) is 4.36. The summed E-state index contributed by atoms with van der Waals surface area (Å²) in [5.41, 5.74) is 2.48. The molecule has 0 bridgehead atoms. The molecule has 0 atom stereocenters. The zero-order valence-corrected chi connectivity index (χ0v) is 16.0. The Labute approximate surface area is 165 Å². The molecule has 0 radical (unpaired) electrons. The summed E-state index contributed by atoms with van der Waals surface area (Å²) in [5.74, 6) is -0.451. The van der Waals surface area contributed by atoms with Crippen LogP contribution in [0, 0.1) is 0 Å². The van der Waals surface area contributed by atoms with Crippen LogP contribution in [0.3, 0.4) is 0 Å². The fourth-order valence-electron chi connectivity index (χ4n) is 2.84. The maximum Gasteiger partial charge on any atom is 0.257 e. The Hall–Kier alpha value is -3.47. The second-order valence-corrected chi connectivity index (χ2v) is 6.79. The molecule has 5 heteroatoms. The van der Waals surface area contributed by atoms with Crippen molar-refractivity contribution in [1.29, 1.82) is 0 Å². The van der Waals surface area contributed by atoms with Crippen LogP contribution < -0.4 is 5.32 Å². The molecule has 1 N–H and O–H groups in total. The molecule has 0 fully saturated rings. The molecule has 0 aliphatic rings. The molecule has 0 saturated heterocycles. The van der Waals surface area contributed by atoms with Gasteiger partial charge in [0, 0.05) is 30.7 Å². The van der Waals surface area contributed by atoms with Crippen molar-refractivity contribution in [2.75, 3.05) is 5.32 Å². The number of carbonyl (C=O) groups is 2. The molecular formula is C23H23N3O2. The molecule has 3 rings (SSSR count). The van der Waals surface area contributed by atoms with Gasteiger partial charge in [-0.1, -0.05) is 48.5 Å². The number of nitrogens with zero attached hydrogens (tertiary/aromatic N) is 2. The number of para-hydroxylation sites is 1. The van der Waals surface area contributed by atoms with Crippen molar-refractivity contribution in [2.24, 2.45) is 0 Å². The van der Waals surface area contributed by atoms with Gasteiger partial charge < -0.3 is 10.2 Å². The van der Waals surface area contributed by atoms with Gasteiger partial charge in [-0.2, -0.15) is 0 Å². The number of hydrogen-bond donors (Lipinski definition) is 1. The van der Waals surface area contributed by atoms with Crippen LogP contribution in [0.25, 0.3) is 0 Å². The predicted octanol–water partition coefficient (Wildman–Crippen LogP) is 4.38. The van der Waals surface area contributed by atoms with E-state index in [1.54, 1.807) is 23.1 Å². The summed E-state index contributed by atoms with van der Waals surface area (Å²) in [6.07, 6.45) is 2.97. The van der Waals surface area contributed by atoms with Crippen LogP contribution in [0.5, 0.6) is 0 Å². The standard InChI is InChI=1S/C23H23N3O2/c1-17(2)26(16-18-9-5-3-6-10-18)23(28)20-13-19(14-24-15-20)22(27)25-21-11-7-4-8-12-21/h3-15,17H,16H2,1-2H3,(H,25,27). The minimum absolute atomic E-state index is 0.00880. The first-order valence-electron chi connectivity index (χ1n) is 9.21. The van der Waals surface area contributed by atoms with Crippen LogP contribution in [0.2, 0.25) is 0 Å². The number of hydrogen-bond acceptors (Lipinski definition) is 3. The normalized spacial score (nSPS) is 10.5. The highest BCUT2D eigenvalue weighted by Gasteiger charge is 2.20. The van der Waals surface area contributed by atoms with Crippen molar-refractivity contribution < 1.29 is 9.59 Å². The van der Waals surface area contributed by atoms with Gasteiger partial charge >= 0.3 is 0 Å². The molecule has 5 nitrogen and oxygen atoms in total. The lowest BCUT2D eigenvalue weighted by molar-refractivity contribution is 0.0690. The van der Waals surface area contributed by atoms with E-state index in [-0.39, 0.29) is 17.9 Å². The van der Waals surface area contributed by atoms with Gasteiger partial charge in [-0.3, -0.25) is 14.6 Å². The molecule has 1 aromatic heterocycles. The van der Waals surface area contributed by atoms with E-state index in [9.17, 15) is 9.59 Å². The van der Waals surface area contributed by atoms with Gasteiger partial charge in [0.15, 0.2) is 0 Å². The van der Waals surface area contributed by atoms with Crippen molar-refractivity contribution in [3.8, 4) is 0 Å². The number of rotatable bonds is 6. The number of anilines is 1. The largest absolute Gasteiger partial charge is 0.332 e. The van der Waals surface area contributed by atoms with Crippen molar-refractivity contribution in [2.45, 2.75) is 26.4 Å². The third-order valence-electron chi connectivity index (χ3n) is 4.36. The molecule has 3 aromatic rings. The summed E-state index contributed by atoms with van der Waals surface area (Å²) >= 11 is 0. The minimum Gasteiger partial charge on any atom is -0.332 e. The van der Waals surface area contributed by atoms with Crippen LogP contribution in [0.1, 0.15) is 40.1 Å². The molecule has 2 amide bonds. The lowest BCUT2D eigenvalue weighted by Gasteiger charge is -2.27. The average Bonchev–Trinajstić information content (AvgIpc) is 2.73. The first-order valence-corrected chi connectivity index (χ1v) is 9.21. The number of carbonyl (C=O) groups excluding carboxylic acids is 2. The second kappa shape index (κ2) is 8.95. The van der Waals surface area contributed by atoms with Crippen LogP contribution in [0.4, 0.5) is 5.69 Å². The first kappa shape index (κ1) is 19.3. The van der Waals surface area contributed by atoms with Crippen LogP contribution in [-0.4, -0.2) is 27.7 Å². The summed E-state index contributed by atoms with van der Waals surface area (Å²) in [6.45, 7) is 4.44. The maximum absolute atomic E-state index is 13.1. The Balaban J connectivity index is 1.79. The zero-order chi connectivity index (χ0) is 19.9. The average molecular weight is 373 g/mol. The Kier molecular flexibility index (Phi) is 6.17. The fraction of sp³-hybridized carbons (Fsp3) is 0.174.